The smallest absolute Gasteiger partial charge is 0.349 e. The second-order valence-corrected chi connectivity index (χ2v) is 6.39. The molecule has 0 bridgehead atoms. The van der Waals surface area contributed by atoms with Gasteiger partial charge < -0.3 is 15.4 Å². The van der Waals surface area contributed by atoms with Crippen molar-refractivity contribution in [3.05, 3.63) is 34.9 Å². The number of hydrogen-bond acceptors (Lipinski definition) is 3. The molecule has 0 unspecified atom stereocenters. The maximum absolute atomic E-state index is 14.3. The Labute approximate surface area is 139 Å². The normalized spacial score (nSPS) is 17.7. The van der Waals surface area contributed by atoms with Crippen LogP contribution >= 0.6 is 11.6 Å². The maximum atomic E-state index is 14.3. The number of carbonyl (C=O) groups excluding carboxylic acids is 1. The molecular weight excluding hydrogens is 326 g/mol. The highest BCUT2D eigenvalue weighted by Crippen LogP contribution is 2.32. The predicted octanol–water partition coefficient (Wildman–Crippen LogP) is 2.56. The Kier molecular flexibility index (Phi) is 5.95. The van der Waals surface area contributed by atoms with Crippen molar-refractivity contribution < 1.29 is 18.3 Å². The number of methoxy groups -OCH3 is 1. The maximum Gasteiger partial charge on any atom is 0.349 e. The summed E-state index contributed by atoms with van der Waals surface area (Å²) in [7, 11) is 1.58. The molecule has 0 radical (unpaired) electrons. The summed E-state index contributed by atoms with van der Waals surface area (Å²) in [5, 5.41) is 5.78. The number of carbonyl (C=O) groups is 1. The monoisotopic (exact) mass is 346 g/mol. The van der Waals surface area contributed by atoms with E-state index < -0.39 is 17.4 Å². The van der Waals surface area contributed by atoms with Gasteiger partial charge in [0, 0.05) is 29.7 Å². The van der Waals surface area contributed by atoms with Gasteiger partial charge in [0.25, 0.3) is 5.91 Å². The Morgan fingerprint density at radius 2 is 2.13 bits per heavy atom. The molecule has 1 aromatic rings. The molecule has 1 heterocycles. The average molecular weight is 347 g/mol. The zero-order chi connectivity index (χ0) is 16.9. The van der Waals surface area contributed by atoms with Crippen molar-refractivity contribution in [2.45, 2.75) is 18.8 Å². The van der Waals surface area contributed by atoms with E-state index in [0.717, 1.165) is 32.0 Å². The quantitative estimate of drug-likeness (QED) is 0.832. The standard InChI is InChI=1S/C16H21ClF2N2O2/c1-23-11-15(5-7-20-8-6-15)10-21-14(22)16(18,19)12-3-2-4-13(17)9-12/h2-4,9,20H,5-8,10-11H2,1H3,(H,21,22). The van der Waals surface area contributed by atoms with Crippen LogP contribution in [0.15, 0.2) is 24.3 Å². The highest BCUT2D eigenvalue weighted by molar-refractivity contribution is 6.30. The number of halogens is 3. The molecule has 0 spiro atoms. The average Bonchev–Trinajstić information content (AvgIpc) is 2.54. The van der Waals surface area contributed by atoms with Crippen LogP contribution in [0.5, 0.6) is 0 Å². The largest absolute Gasteiger partial charge is 0.384 e. The van der Waals surface area contributed by atoms with E-state index in [4.69, 9.17) is 16.3 Å². The fourth-order valence-corrected chi connectivity index (χ4v) is 3.02. The van der Waals surface area contributed by atoms with Crippen molar-refractivity contribution in [2.24, 2.45) is 5.41 Å². The fourth-order valence-electron chi connectivity index (χ4n) is 2.83. The van der Waals surface area contributed by atoms with E-state index in [1.54, 1.807) is 7.11 Å². The second-order valence-electron chi connectivity index (χ2n) is 5.95. The molecular formula is C16H21ClF2N2O2. The summed E-state index contributed by atoms with van der Waals surface area (Å²) in [6.07, 6.45) is 1.54. The van der Waals surface area contributed by atoms with Crippen LogP contribution in [-0.2, 0) is 15.5 Å². The van der Waals surface area contributed by atoms with Gasteiger partial charge in [0.15, 0.2) is 0 Å². The highest BCUT2D eigenvalue weighted by atomic mass is 35.5. The number of nitrogens with one attached hydrogen (secondary N) is 2. The van der Waals surface area contributed by atoms with Gasteiger partial charge in [-0.3, -0.25) is 4.79 Å². The molecule has 7 heteroatoms. The van der Waals surface area contributed by atoms with Crippen molar-refractivity contribution >= 4 is 17.5 Å². The molecule has 1 saturated heterocycles. The number of rotatable bonds is 6. The van der Waals surface area contributed by atoms with E-state index in [1.807, 2.05) is 0 Å². The van der Waals surface area contributed by atoms with Gasteiger partial charge in [-0.2, -0.15) is 8.78 Å². The molecule has 0 aliphatic carbocycles. The summed E-state index contributed by atoms with van der Waals surface area (Å²) in [5.41, 5.74) is -0.714. The summed E-state index contributed by atoms with van der Waals surface area (Å²) in [4.78, 5) is 12.0. The van der Waals surface area contributed by atoms with Gasteiger partial charge >= 0.3 is 5.92 Å². The molecule has 0 saturated carbocycles. The number of piperidine rings is 1. The molecule has 1 amide bonds. The van der Waals surface area contributed by atoms with Crippen molar-refractivity contribution in [2.75, 3.05) is 33.4 Å². The lowest BCUT2D eigenvalue weighted by Gasteiger charge is -2.37. The molecule has 23 heavy (non-hydrogen) atoms. The van der Waals surface area contributed by atoms with Gasteiger partial charge in [0.05, 0.1) is 6.61 Å². The Morgan fingerprint density at radius 1 is 1.43 bits per heavy atom. The van der Waals surface area contributed by atoms with Crippen molar-refractivity contribution in [3.8, 4) is 0 Å². The van der Waals surface area contributed by atoms with E-state index >= 15 is 0 Å². The minimum atomic E-state index is -3.62. The molecule has 1 aliphatic heterocycles. The SMILES string of the molecule is COCC1(CNC(=O)C(F)(F)c2cccc(Cl)c2)CCNCC1. The van der Waals surface area contributed by atoms with Crippen LogP contribution in [0.4, 0.5) is 8.78 Å². The Morgan fingerprint density at radius 3 is 2.74 bits per heavy atom. The summed E-state index contributed by atoms with van der Waals surface area (Å²) in [6.45, 7) is 2.16. The Bertz CT molecular complexity index is 543. The Balaban J connectivity index is 2.05. The lowest BCUT2D eigenvalue weighted by molar-refractivity contribution is -0.147. The second kappa shape index (κ2) is 7.55. The van der Waals surface area contributed by atoms with Crippen LogP contribution < -0.4 is 10.6 Å². The van der Waals surface area contributed by atoms with E-state index in [9.17, 15) is 13.6 Å². The first-order chi connectivity index (χ1) is 10.9. The van der Waals surface area contributed by atoms with Crippen LogP contribution in [0, 0.1) is 5.41 Å². The molecule has 2 rings (SSSR count). The third-order valence-electron chi connectivity index (χ3n) is 4.21. The van der Waals surface area contributed by atoms with Gasteiger partial charge in [0.2, 0.25) is 0 Å². The summed E-state index contributed by atoms with van der Waals surface area (Å²) in [5.74, 6) is -4.93. The lowest BCUT2D eigenvalue weighted by Crippen LogP contribution is -2.49. The first-order valence-corrected chi connectivity index (χ1v) is 7.89. The zero-order valence-electron chi connectivity index (χ0n) is 13.0. The van der Waals surface area contributed by atoms with Crippen LogP contribution in [0.2, 0.25) is 5.02 Å². The van der Waals surface area contributed by atoms with Gasteiger partial charge in [-0.1, -0.05) is 23.7 Å². The van der Waals surface area contributed by atoms with E-state index in [1.165, 1.54) is 18.2 Å². The number of alkyl halides is 2. The first-order valence-electron chi connectivity index (χ1n) is 7.51. The molecule has 128 valence electrons. The van der Waals surface area contributed by atoms with Crippen molar-refractivity contribution in [1.82, 2.24) is 10.6 Å². The van der Waals surface area contributed by atoms with Crippen LogP contribution in [0.1, 0.15) is 18.4 Å². The van der Waals surface area contributed by atoms with Crippen molar-refractivity contribution in [1.29, 1.82) is 0 Å². The van der Waals surface area contributed by atoms with Gasteiger partial charge in [-0.15, -0.1) is 0 Å². The van der Waals surface area contributed by atoms with E-state index in [2.05, 4.69) is 10.6 Å². The molecule has 2 N–H and O–H groups in total. The van der Waals surface area contributed by atoms with Crippen LogP contribution in [0.3, 0.4) is 0 Å². The predicted molar refractivity (Wildman–Crippen MR) is 84.8 cm³/mol. The topological polar surface area (TPSA) is 50.4 Å². The van der Waals surface area contributed by atoms with Crippen molar-refractivity contribution in [3.63, 3.8) is 0 Å². The van der Waals surface area contributed by atoms with Gasteiger partial charge in [-0.05, 0) is 38.1 Å². The van der Waals surface area contributed by atoms with Crippen LogP contribution in [0.25, 0.3) is 0 Å². The van der Waals surface area contributed by atoms with Gasteiger partial charge in [0.1, 0.15) is 0 Å². The lowest BCUT2D eigenvalue weighted by atomic mass is 9.79. The van der Waals surface area contributed by atoms with E-state index in [-0.39, 0.29) is 17.0 Å². The number of ether oxygens (including phenoxy) is 1. The molecule has 4 nitrogen and oxygen atoms in total. The van der Waals surface area contributed by atoms with Gasteiger partial charge in [-0.25, -0.2) is 0 Å². The number of amides is 1. The fraction of sp³-hybridized carbons (Fsp3) is 0.562. The first kappa shape index (κ1) is 18.1. The molecule has 1 aromatic carbocycles. The highest BCUT2D eigenvalue weighted by Gasteiger charge is 2.42. The molecule has 1 aliphatic rings. The van der Waals surface area contributed by atoms with E-state index in [0.29, 0.717) is 6.61 Å². The minimum Gasteiger partial charge on any atom is -0.384 e. The molecule has 0 aromatic heterocycles. The molecule has 1 fully saturated rings. The number of benzene rings is 1. The third kappa shape index (κ3) is 4.40. The Hall–Kier alpha value is -1.24. The summed E-state index contributed by atoms with van der Waals surface area (Å²) < 4.78 is 33.8. The summed E-state index contributed by atoms with van der Waals surface area (Å²) >= 11 is 5.73. The molecule has 0 atom stereocenters. The minimum absolute atomic E-state index is 0.164. The number of hydrogen-bond donors (Lipinski definition) is 2. The van der Waals surface area contributed by atoms with Crippen LogP contribution in [-0.4, -0.2) is 39.3 Å². The zero-order valence-corrected chi connectivity index (χ0v) is 13.8. The summed E-state index contributed by atoms with van der Waals surface area (Å²) in [6, 6.07) is 5.19. The third-order valence-corrected chi connectivity index (χ3v) is 4.45.